The van der Waals surface area contributed by atoms with E-state index in [1.54, 1.807) is 13.8 Å². The molecule has 8 nitrogen and oxygen atoms in total. The van der Waals surface area contributed by atoms with E-state index < -0.39 is 36.0 Å². The second-order valence-corrected chi connectivity index (χ2v) is 8.86. The van der Waals surface area contributed by atoms with Crippen molar-refractivity contribution >= 4 is 44.5 Å². The number of amides is 1. The molecule has 1 heterocycles. The van der Waals surface area contributed by atoms with Crippen LogP contribution in [0.5, 0.6) is 0 Å². The highest BCUT2D eigenvalue weighted by Gasteiger charge is 2.34. The Hall–Kier alpha value is -2.52. The minimum absolute atomic E-state index is 0.245. The van der Waals surface area contributed by atoms with E-state index in [2.05, 4.69) is 24.1 Å². The molecule has 0 saturated heterocycles. The number of aromatic nitrogens is 1. The van der Waals surface area contributed by atoms with Gasteiger partial charge in [0.2, 0.25) is 5.91 Å². The molecule has 31 heavy (non-hydrogen) atoms. The van der Waals surface area contributed by atoms with Gasteiger partial charge in [-0.3, -0.25) is 19.8 Å². The molecule has 1 aromatic heterocycles. The van der Waals surface area contributed by atoms with Crippen LogP contribution in [-0.2, 0) is 19.1 Å². The van der Waals surface area contributed by atoms with Crippen molar-refractivity contribution in [2.24, 2.45) is 5.92 Å². The van der Waals surface area contributed by atoms with Gasteiger partial charge in [0.25, 0.3) is 0 Å². The van der Waals surface area contributed by atoms with Crippen molar-refractivity contribution in [3.63, 3.8) is 0 Å². The van der Waals surface area contributed by atoms with Crippen LogP contribution in [-0.4, -0.2) is 52.7 Å². The smallest absolute Gasteiger partial charge is 0.326 e. The highest BCUT2D eigenvalue weighted by molar-refractivity contribution is 7.22. The van der Waals surface area contributed by atoms with Crippen LogP contribution in [0.15, 0.2) is 24.3 Å². The van der Waals surface area contributed by atoms with Gasteiger partial charge in [-0.2, -0.15) is 0 Å². The predicted molar refractivity (Wildman–Crippen MR) is 121 cm³/mol. The Labute approximate surface area is 186 Å². The van der Waals surface area contributed by atoms with Crippen LogP contribution in [0.4, 0.5) is 5.13 Å². The topological polar surface area (TPSA) is 109 Å². The number of ether oxygens (including phenoxy) is 1. The van der Waals surface area contributed by atoms with E-state index in [4.69, 9.17) is 4.74 Å². The SMILES string of the molecule is CCOC(=O)C(CCC(C)C)NC(C)C(=O)N(c1nc2ccccc2s1)C(C)C(=O)O. The predicted octanol–water partition coefficient (Wildman–Crippen LogP) is 3.45. The molecule has 2 rings (SSSR count). The van der Waals surface area contributed by atoms with Gasteiger partial charge in [-0.05, 0) is 51.7 Å². The summed E-state index contributed by atoms with van der Waals surface area (Å²) in [6.45, 7) is 9.16. The number of benzene rings is 1. The molecule has 0 aliphatic carbocycles. The van der Waals surface area contributed by atoms with Gasteiger partial charge in [-0.1, -0.05) is 37.3 Å². The van der Waals surface area contributed by atoms with Gasteiger partial charge in [0.15, 0.2) is 5.13 Å². The summed E-state index contributed by atoms with van der Waals surface area (Å²) in [5.41, 5.74) is 0.694. The van der Waals surface area contributed by atoms with Gasteiger partial charge in [0.05, 0.1) is 22.9 Å². The third kappa shape index (κ3) is 6.48. The van der Waals surface area contributed by atoms with Gasteiger partial charge >= 0.3 is 11.9 Å². The number of fused-ring (bicyclic) bond motifs is 1. The fourth-order valence-electron chi connectivity index (χ4n) is 3.12. The normalized spacial score (nSPS) is 14.3. The molecule has 0 spiro atoms. The average Bonchev–Trinajstić information content (AvgIpc) is 3.14. The van der Waals surface area contributed by atoms with E-state index in [0.717, 1.165) is 11.1 Å². The lowest BCUT2D eigenvalue weighted by Crippen LogP contribution is -2.54. The van der Waals surface area contributed by atoms with Crippen LogP contribution in [0.1, 0.15) is 47.5 Å². The highest BCUT2D eigenvalue weighted by Crippen LogP contribution is 2.30. The molecule has 0 saturated carbocycles. The summed E-state index contributed by atoms with van der Waals surface area (Å²) in [5.74, 6) is -1.63. The van der Waals surface area contributed by atoms with Crippen LogP contribution in [0.3, 0.4) is 0 Å². The molecular weight excluding hydrogens is 418 g/mol. The van der Waals surface area contributed by atoms with Gasteiger partial charge in [0, 0.05) is 0 Å². The first-order valence-electron chi connectivity index (χ1n) is 10.5. The Morgan fingerprint density at radius 2 is 1.84 bits per heavy atom. The summed E-state index contributed by atoms with van der Waals surface area (Å²) < 4.78 is 6.01. The number of carboxylic acid groups (broad SMARTS) is 1. The lowest BCUT2D eigenvalue weighted by atomic mass is 10.0. The molecule has 3 unspecified atom stereocenters. The zero-order valence-electron chi connectivity index (χ0n) is 18.6. The number of carbonyl (C=O) groups excluding carboxylic acids is 2. The first-order chi connectivity index (χ1) is 14.6. The monoisotopic (exact) mass is 449 g/mol. The van der Waals surface area contributed by atoms with E-state index in [-0.39, 0.29) is 6.61 Å². The minimum Gasteiger partial charge on any atom is -0.480 e. The van der Waals surface area contributed by atoms with E-state index in [1.165, 1.54) is 23.2 Å². The molecule has 2 N–H and O–H groups in total. The average molecular weight is 450 g/mol. The molecule has 9 heteroatoms. The summed E-state index contributed by atoms with van der Waals surface area (Å²) in [5, 5.41) is 13.0. The largest absolute Gasteiger partial charge is 0.480 e. The third-order valence-corrected chi connectivity index (χ3v) is 5.93. The zero-order valence-corrected chi connectivity index (χ0v) is 19.4. The van der Waals surface area contributed by atoms with E-state index >= 15 is 0 Å². The van der Waals surface area contributed by atoms with Crippen molar-refractivity contribution in [3.8, 4) is 0 Å². The number of carbonyl (C=O) groups is 3. The molecule has 3 atom stereocenters. The Bertz CT molecular complexity index is 880. The molecule has 0 radical (unpaired) electrons. The van der Waals surface area contributed by atoms with Gasteiger partial charge in [0.1, 0.15) is 12.1 Å². The van der Waals surface area contributed by atoms with Crippen LogP contribution >= 0.6 is 11.3 Å². The fourth-order valence-corrected chi connectivity index (χ4v) is 4.17. The number of thiazole rings is 1. The Morgan fingerprint density at radius 1 is 1.16 bits per heavy atom. The van der Waals surface area contributed by atoms with Crippen LogP contribution in [0.25, 0.3) is 10.2 Å². The summed E-state index contributed by atoms with van der Waals surface area (Å²) in [6, 6.07) is 4.80. The van der Waals surface area contributed by atoms with Crippen LogP contribution < -0.4 is 10.2 Å². The molecule has 2 aromatic rings. The van der Waals surface area contributed by atoms with Crippen molar-refractivity contribution < 1.29 is 24.2 Å². The van der Waals surface area contributed by atoms with Gasteiger partial charge in [-0.15, -0.1) is 0 Å². The Balaban J connectivity index is 2.29. The number of rotatable bonds is 11. The summed E-state index contributed by atoms with van der Waals surface area (Å²) >= 11 is 1.26. The second kappa shape index (κ2) is 11.2. The van der Waals surface area contributed by atoms with Crippen molar-refractivity contribution in [1.29, 1.82) is 0 Å². The molecule has 1 aromatic carbocycles. The van der Waals surface area contributed by atoms with Crippen molar-refractivity contribution in [2.45, 2.75) is 65.6 Å². The van der Waals surface area contributed by atoms with Gasteiger partial charge in [-0.25, -0.2) is 9.78 Å². The van der Waals surface area contributed by atoms with E-state index in [0.29, 0.717) is 23.0 Å². The maximum Gasteiger partial charge on any atom is 0.326 e. The summed E-state index contributed by atoms with van der Waals surface area (Å²) in [4.78, 5) is 43.1. The number of hydrogen-bond acceptors (Lipinski definition) is 7. The number of carboxylic acids is 1. The number of aliphatic carboxylic acids is 1. The number of hydrogen-bond donors (Lipinski definition) is 2. The van der Waals surface area contributed by atoms with E-state index in [1.807, 2.05) is 24.3 Å². The van der Waals surface area contributed by atoms with Crippen molar-refractivity contribution in [1.82, 2.24) is 10.3 Å². The molecule has 0 aliphatic heterocycles. The Morgan fingerprint density at radius 3 is 2.42 bits per heavy atom. The minimum atomic E-state index is -1.14. The molecule has 1 amide bonds. The zero-order chi connectivity index (χ0) is 23.1. The molecule has 170 valence electrons. The second-order valence-electron chi connectivity index (χ2n) is 7.85. The first kappa shape index (κ1) is 24.7. The Kier molecular flexibility index (Phi) is 8.94. The fraction of sp³-hybridized carbons (Fsp3) is 0.545. The van der Waals surface area contributed by atoms with E-state index in [9.17, 15) is 19.5 Å². The third-order valence-electron chi connectivity index (χ3n) is 4.90. The molecular formula is C22H31N3O5S. The quantitative estimate of drug-likeness (QED) is 0.506. The molecule has 0 aliphatic rings. The van der Waals surface area contributed by atoms with Crippen LogP contribution in [0.2, 0.25) is 0 Å². The number of esters is 1. The maximum absolute atomic E-state index is 13.3. The highest BCUT2D eigenvalue weighted by atomic mass is 32.1. The first-order valence-corrected chi connectivity index (χ1v) is 11.3. The number of nitrogens with zero attached hydrogens (tertiary/aromatic N) is 2. The van der Waals surface area contributed by atoms with Crippen molar-refractivity contribution in [3.05, 3.63) is 24.3 Å². The number of anilines is 1. The molecule has 0 bridgehead atoms. The van der Waals surface area contributed by atoms with Crippen LogP contribution in [0, 0.1) is 5.92 Å². The molecule has 0 fully saturated rings. The maximum atomic E-state index is 13.3. The number of para-hydroxylation sites is 1. The lowest BCUT2D eigenvalue weighted by Gasteiger charge is -2.29. The summed E-state index contributed by atoms with van der Waals surface area (Å²) in [7, 11) is 0. The summed E-state index contributed by atoms with van der Waals surface area (Å²) in [6.07, 6.45) is 1.30. The standard InChI is InChI=1S/C22H31N3O5S/c1-6-30-21(29)17(12-11-13(2)3)23-14(4)19(26)25(15(5)20(27)28)22-24-16-9-7-8-10-18(16)31-22/h7-10,13-15,17,23H,6,11-12H2,1-5H3,(H,27,28). The lowest BCUT2D eigenvalue weighted by molar-refractivity contribution is -0.146. The number of nitrogens with one attached hydrogen (secondary N) is 1. The van der Waals surface area contributed by atoms with Gasteiger partial charge < -0.3 is 9.84 Å². The van der Waals surface area contributed by atoms with Crippen molar-refractivity contribution in [2.75, 3.05) is 11.5 Å².